The smallest absolute Gasteiger partial charge is 0.303 e. The first kappa shape index (κ1) is 11.4. The summed E-state index contributed by atoms with van der Waals surface area (Å²) in [5, 5.41) is 0. The first-order valence-corrected chi connectivity index (χ1v) is 4.57. The highest BCUT2D eigenvalue weighted by Gasteiger charge is 2.33. The summed E-state index contributed by atoms with van der Waals surface area (Å²) < 4.78 is 18.3. The molecule has 1 atom stereocenters. The van der Waals surface area contributed by atoms with E-state index in [1.54, 1.807) is 30.3 Å². The third kappa shape index (κ3) is 2.43. The molecule has 0 spiro atoms. The third-order valence-electron chi connectivity index (χ3n) is 2.19. The van der Waals surface area contributed by atoms with Crippen LogP contribution in [0.5, 0.6) is 0 Å². The maximum Gasteiger partial charge on any atom is 0.303 e. The van der Waals surface area contributed by atoms with Gasteiger partial charge in [-0.15, -0.1) is 0 Å². The maximum absolute atomic E-state index is 13.3. The minimum atomic E-state index is -1.40. The van der Waals surface area contributed by atoms with Gasteiger partial charge in [0.25, 0.3) is 0 Å². The van der Waals surface area contributed by atoms with Gasteiger partial charge in [-0.05, 0) is 6.92 Å². The highest BCUT2D eigenvalue weighted by Crippen LogP contribution is 2.33. The van der Waals surface area contributed by atoms with Gasteiger partial charge >= 0.3 is 5.97 Å². The van der Waals surface area contributed by atoms with Crippen molar-refractivity contribution in [2.75, 3.05) is 0 Å². The molecule has 3 heteroatoms. The van der Waals surface area contributed by atoms with Crippen LogP contribution in [0.3, 0.4) is 0 Å². The van der Waals surface area contributed by atoms with Crippen LogP contribution in [-0.2, 0) is 15.1 Å². The monoisotopic (exact) mass is 208 g/mol. The Morgan fingerprint density at radius 3 is 2.33 bits per heavy atom. The van der Waals surface area contributed by atoms with Crippen LogP contribution in [0.25, 0.3) is 0 Å². The largest absolute Gasteiger partial charge is 0.447 e. The number of hydrogen-bond acceptors (Lipinski definition) is 2. The molecule has 0 bridgehead atoms. The normalized spacial score (nSPS) is 14.1. The molecule has 1 unspecified atom stereocenters. The van der Waals surface area contributed by atoms with Gasteiger partial charge in [0, 0.05) is 12.5 Å². The number of ether oxygens (including phenoxy) is 1. The molecular weight excluding hydrogens is 195 g/mol. The average molecular weight is 208 g/mol. The lowest BCUT2D eigenvalue weighted by molar-refractivity contribution is -0.154. The highest BCUT2D eigenvalue weighted by atomic mass is 19.1. The van der Waals surface area contributed by atoms with Crippen LogP contribution < -0.4 is 0 Å². The minimum absolute atomic E-state index is 0.542. The Hall–Kier alpha value is -1.64. The van der Waals surface area contributed by atoms with E-state index < -0.39 is 17.4 Å². The summed E-state index contributed by atoms with van der Waals surface area (Å²) >= 11 is 0. The van der Waals surface area contributed by atoms with Crippen molar-refractivity contribution in [3.05, 3.63) is 48.3 Å². The Morgan fingerprint density at radius 2 is 1.93 bits per heavy atom. The van der Waals surface area contributed by atoms with Gasteiger partial charge in [-0.2, -0.15) is 0 Å². The fraction of sp³-hybridized carbons (Fsp3) is 0.250. The van der Waals surface area contributed by atoms with Crippen molar-refractivity contribution >= 4 is 5.97 Å². The molecule has 0 N–H and O–H groups in total. The molecule has 1 aromatic carbocycles. The van der Waals surface area contributed by atoms with Gasteiger partial charge in [-0.1, -0.05) is 36.9 Å². The third-order valence-corrected chi connectivity index (χ3v) is 2.19. The topological polar surface area (TPSA) is 26.3 Å². The average Bonchev–Trinajstić information content (AvgIpc) is 2.17. The standard InChI is InChI=1S/C12H13FO2/c1-9(13)12(3,15-10(2)14)11-7-5-4-6-8-11/h4-8H,1H2,2-3H3. The summed E-state index contributed by atoms with van der Waals surface area (Å²) in [4.78, 5) is 10.9. The van der Waals surface area contributed by atoms with E-state index in [1.165, 1.54) is 13.8 Å². The van der Waals surface area contributed by atoms with E-state index in [9.17, 15) is 9.18 Å². The molecule has 0 fully saturated rings. The van der Waals surface area contributed by atoms with E-state index in [1.807, 2.05) is 0 Å². The molecule has 0 saturated carbocycles. The number of carbonyl (C=O) groups is 1. The van der Waals surface area contributed by atoms with Gasteiger partial charge in [0.15, 0.2) is 5.60 Å². The van der Waals surface area contributed by atoms with Crippen LogP contribution in [0.15, 0.2) is 42.7 Å². The van der Waals surface area contributed by atoms with Gasteiger partial charge in [0.05, 0.1) is 0 Å². The molecule has 1 aromatic rings. The second-order valence-corrected chi connectivity index (χ2v) is 3.40. The van der Waals surface area contributed by atoms with E-state index in [-0.39, 0.29) is 0 Å². The summed E-state index contributed by atoms with van der Waals surface area (Å²) in [5.41, 5.74) is -0.833. The molecule has 1 rings (SSSR count). The Labute approximate surface area is 88.4 Å². The zero-order valence-electron chi connectivity index (χ0n) is 8.79. The molecule has 0 aliphatic heterocycles. The van der Waals surface area contributed by atoms with E-state index >= 15 is 0 Å². The predicted molar refractivity (Wildman–Crippen MR) is 55.8 cm³/mol. The highest BCUT2D eigenvalue weighted by molar-refractivity contribution is 5.67. The Morgan fingerprint density at radius 1 is 1.40 bits per heavy atom. The van der Waals surface area contributed by atoms with Gasteiger partial charge in [0.2, 0.25) is 0 Å². The van der Waals surface area contributed by atoms with Crippen LogP contribution in [0.2, 0.25) is 0 Å². The first-order valence-electron chi connectivity index (χ1n) is 4.57. The molecular formula is C12H13FO2. The zero-order valence-corrected chi connectivity index (χ0v) is 8.79. The molecule has 0 radical (unpaired) electrons. The number of halogens is 1. The lowest BCUT2D eigenvalue weighted by Crippen LogP contribution is -2.28. The van der Waals surface area contributed by atoms with Crippen LogP contribution in [-0.4, -0.2) is 5.97 Å². The SMILES string of the molecule is C=C(F)C(C)(OC(C)=O)c1ccccc1. The van der Waals surface area contributed by atoms with Crippen molar-refractivity contribution in [2.45, 2.75) is 19.4 Å². The molecule has 0 saturated heterocycles. The van der Waals surface area contributed by atoms with Gasteiger partial charge in [-0.25, -0.2) is 4.39 Å². The van der Waals surface area contributed by atoms with Crippen LogP contribution in [0.1, 0.15) is 19.4 Å². The summed E-state index contributed by atoms with van der Waals surface area (Å²) in [5.74, 6) is -1.23. The lowest BCUT2D eigenvalue weighted by atomic mass is 9.95. The van der Waals surface area contributed by atoms with Crippen molar-refractivity contribution in [2.24, 2.45) is 0 Å². The Bertz CT molecular complexity index is 372. The van der Waals surface area contributed by atoms with Crippen molar-refractivity contribution in [3.63, 3.8) is 0 Å². The van der Waals surface area contributed by atoms with Crippen LogP contribution >= 0.6 is 0 Å². The molecule has 2 nitrogen and oxygen atoms in total. The van der Waals surface area contributed by atoms with E-state index in [2.05, 4.69) is 6.58 Å². The number of esters is 1. The minimum Gasteiger partial charge on any atom is -0.447 e. The Balaban J connectivity index is 3.13. The summed E-state index contributed by atoms with van der Waals surface area (Å²) in [7, 11) is 0. The van der Waals surface area contributed by atoms with Crippen molar-refractivity contribution in [1.82, 2.24) is 0 Å². The summed E-state index contributed by atoms with van der Waals surface area (Å²) in [6, 6.07) is 8.68. The second kappa shape index (κ2) is 4.26. The Kier molecular flexibility index (Phi) is 3.24. The van der Waals surface area contributed by atoms with Crippen molar-refractivity contribution < 1.29 is 13.9 Å². The van der Waals surface area contributed by atoms with Crippen molar-refractivity contribution in [3.8, 4) is 0 Å². The molecule has 0 amide bonds. The number of hydrogen-bond donors (Lipinski definition) is 0. The fourth-order valence-corrected chi connectivity index (χ4v) is 1.31. The lowest BCUT2D eigenvalue weighted by Gasteiger charge is -2.27. The first-order chi connectivity index (χ1) is 6.97. The van der Waals surface area contributed by atoms with Crippen LogP contribution in [0.4, 0.5) is 4.39 Å². The fourth-order valence-electron chi connectivity index (χ4n) is 1.31. The van der Waals surface area contributed by atoms with E-state index in [0.29, 0.717) is 5.56 Å². The molecule has 0 aliphatic rings. The zero-order chi connectivity index (χ0) is 11.5. The molecule has 0 aliphatic carbocycles. The predicted octanol–water partition coefficient (Wildman–Crippen LogP) is 2.95. The van der Waals surface area contributed by atoms with E-state index in [0.717, 1.165) is 0 Å². The van der Waals surface area contributed by atoms with Gasteiger partial charge in [-0.3, -0.25) is 4.79 Å². The number of benzene rings is 1. The maximum atomic E-state index is 13.3. The number of rotatable bonds is 3. The van der Waals surface area contributed by atoms with Crippen LogP contribution in [0, 0.1) is 0 Å². The molecule has 0 heterocycles. The summed E-state index contributed by atoms with van der Waals surface area (Å²) in [6.45, 7) is 5.93. The summed E-state index contributed by atoms with van der Waals surface area (Å²) in [6.07, 6.45) is 0. The second-order valence-electron chi connectivity index (χ2n) is 3.40. The molecule has 15 heavy (non-hydrogen) atoms. The van der Waals surface area contributed by atoms with Crippen molar-refractivity contribution in [1.29, 1.82) is 0 Å². The molecule has 0 aromatic heterocycles. The van der Waals surface area contributed by atoms with Gasteiger partial charge < -0.3 is 4.74 Å². The number of carbonyl (C=O) groups excluding carboxylic acids is 1. The van der Waals surface area contributed by atoms with E-state index in [4.69, 9.17) is 4.74 Å². The molecule has 80 valence electrons. The quantitative estimate of drug-likeness (QED) is 0.714. The van der Waals surface area contributed by atoms with Gasteiger partial charge in [0.1, 0.15) is 5.83 Å².